The quantitative estimate of drug-likeness (QED) is 0.731. The van der Waals surface area contributed by atoms with E-state index >= 15 is 0 Å². The zero-order chi connectivity index (χ0) is 16.0. The number of rotatable bonds is 3. The number of thiophene rings is 1. The van der Waals surface area contributed by atoms with Crippen molar-refractivity contribution in [1.82, 2.24) is 9.55 Å². The lowest BCUT2D eigenvalue weighted by atomic mass is 10.1. The second kappa shape index (κ2) is 5.57. The number of alkyl halides is 1. The fourth-order valence-corrected chi connectivity index (χ4v) is 4.54. The molecule has 0 aliphatic heterocycles. The minimum absolute atomic E-state index is 0.0512. The standard InChI is InChI=1S/C18H17FN2OS/c1-11-5-7-12(8-6-11)16-20-17-15(18(22)21(16)10-9-19)13-3-2-4-14(13)23-17/h5-8H,2-4,9-10H2,1H3. The van der Waals surface area contributed by atoms with Crippen molar-refractivity contribution in [1.29, 1.82) is 0 Å². The summed E-state index contributed by atoms with van der Waals surface area (Å²) in [5.41, 5.74) is 3.05. The van der Waals surface area contributed by atoms with Crippen molar-refractivity contribution in [3.63, 3.8) is 0 Å². The third-order valence-electron chi connectivity index (χ3n) is 4.44. The second-order valence-corrected chi connectivity index (χ2v) is 7.07. The van der Waals surface area contributed by atoms with E-state index in [0.29, 0.717) is 11.2 Å². The van der Waals surface area contributed by atoms with E-state index in [1.807, 2.05) is 31.2 Å². The highest BCUT2D eigenvalue weighted by Gasteiger charge is 2.23. The fourth-order valence-electron chi connectivity index (χ4n) is 3.29. The van der Waals surface area contributed by atoms with E-state index in [9.17, 15) is 9.18 Å². The monoisotopic (exact) mass is 328 g/mol. The lowest BCUT2D eigenvalue weighted by molar-refractivity contribution is 0.441. The molecule has 4 rings (SSSR count). The van der Waals surface area contributed by atoms with E-state index in [4.69, 9.17) is 4.98 Å². The van der Waals surface area contributed by atoms with Crippen LogP contribution in [0.4, 0.5) is 4.39 Å². The maximum absolute atomic E-state index is 13.0. The normalized spacial score (nSPS) is 13.7. The van der Waals surface area contributed by atoms with E-state index in [1.54, 1.807) is 11.3 Å². The number of fused-ring (bicyclic) bond motifs is 3. The van der Waals surface area contributed by atoms with Gasteiger partial charge in [-0.2, -0.15) is 0 Å². The Bertz CT molecular complexity index is 940. The molecule has 3 aromatic rings. The lowest BCUT2D eigenvalue weighted by Gasteiger charge is -2.11. The van der Waals surface area contributed by atoms with Crippen LogP contribution in [-0.4, -0.2) is 16.2 Å². The molecule has 0 spiro atoms. The Morgan fingerprint density at radius 2 is 2.04 bits per heavy atom. The average Bonchev–Trinajstić information content (AvgIpc) is 3.11. The van der Waals surface area contributed by atoms with Crippen molar-refractivity contribution in [3.8, 4) is 11.4 Å². The van der Waals surface area contributed by atoms with Crippen molar-refractivity contribution in [2.24, 2.45) is 0 Å². The molecule has 23 heavy (non-hydrogen) atoms. The molecule has 1 aromatic carbocycles. The van der Waals surface area contributed by atoms with Gasteiger partial charge in [-0.25, -0.2) is 9.37 Å². The zero-order valence-corrected chi connectivity index (χ0v) is 13.8. The highest BCUT2D eigenvalue weighted by molar-refractivity contribution is 7.18. The Kier molecular flexibility index (Phi) is 3.53. The number of benzene rings is 1. The molecule has 1 aliphatic carbocycles. The molecule has 5 heteroatoms. The fraction of sp³-hybridized carbons (Fsp3) is 0.333. The van der Waals surface area contributed by atoms with Crippen molar-refractivity contribution >= 4 is 21.6 Å². The third kappa shape index (κ3) is 2.30. The molecular weight excluding hydrogens is 311 g/mol. The highest BCUT2D eigenvalue weighted by atomic mass is 32.1. The predicted octanol–water partition coefficient (Wildman–Crippen LogP) is 3.89. The minimum atomic E-state index is -0.571. The summed E-state index contributed by atoms with van der Waals surface area (Å²) in [6, 6.07) is 7.86. The van der Waals surface area contributed by atoms with Crippen molar-refractivity contribution in [2.45, 2.75) is 32.7 Å². The van der Waals surface area contributed by atoms with Crippen molar-refractivity contribution in [3.05, 3.63) is 50.6 Å². The maximum Gasteiger partial charge on any atom is 0.262 e. The molecule has 3 nitrogen and oxygen atoms in total. The van der Waals surface area contributed by atoms with Crippen LogP contribution in [0.5, 0.6) is 0 Å². The number of aryl methyl sites for hydroxylation is 3. The number of aromatic nitrogens is 2. The van der Waals surface area contributed by atoms with Crippen LogP contribution in [0, 0.1) is 6.92 Å². The van der Waals surface area contributed by atoms with Gasteiger partial charge in [-0.15, -0.1) is 11.3 Å². The zero-order valence-electron chi connectivity index (χ0n) is 12.9. The van der Waals surface area contributed by atoms with Crippen LogP contribution in [-0.2, 0) is 19.4 Å². The van der Waals surface area contributed by atoms with Crippen LogP contribution in [0.15, 0.2) is 29.1 Å². The molecule has 0 atom stereocenters. The Balaban J connectivity index is 2.01. The van der Waals surface area contributed by atoms with Gasteiger partial charge >= 0.3 is 0 Å². The van der Waals surface area contributed by atoms with Gasteiger partial charge in [0.2, 0.25) is 0 Å². The number of hydrogen-bond acceptors (Lipinski definition) is 3. The first-order chi connectivity index (χ1) is 11.2. The lowest BCUT2D eigenvalue weighted by Crippen LogP contribution is -2.24. The van der Waals surface area contributed by atoms with Gasteiger partial charge in [0, 0.05) is 10.4 Å². The SMILES string of the molecule is Cc1ccc(-c2nc3sc4c(c3c(=O)n2CCF)CCC4)cc1. The molecule has 2 aromatic heterocycles. The van der Waals surface area contributed by atoms with Crippen LogP contribution < -0.4 is 5.56 Å². The molecule has 0 saturated heterocycles. The van der Waals surface area contributed by atoms with Gasteiger partial charge < -0.3 is 0 Å². The van der Waals surface area contributed by atoms with E-state index in [0.717, 1.165) is 40.8 Å². The van der Waals surface area contributed by atoms with Crippen LogP contribution >= 0.6 is 11.3 Å². The topological polar surface area (TPSA) is 34.9 Å². The first-order valence-electron chi connectivity index (χ1n) is 7.87. The molecular formula is C18H17FN2OS. The highest BCUT2D eigenvalue weighted by Crippen LogP contribution is 2.35. The molecule has 118 valence electrons. The minimum Gasteiger partial charge on any atom is -0.289 e. The molecule has 0 saturated carbocycles. The summed E-state index contributed by atoms with van der Waals surface area (Å²) < 4.78 is 14.5. The van der Waals surface area contributed by atoms with Gasteiger partial charge in [0.1, 0.15) is 17.3 Å². The first kappa shape index (κ1) is 14.6. The van der Waals surface area contributed by atoms with E-state index < -0.39 is 6.67 Å². The maximum atomic E-state index is 13.0. The average molecular weight is 328 g/mol. The Morgan fingerprint density at radius 3 is 2.78 bits per heavy atom. The number of halogens is 1. The molecule has 0 unspecified atom stereocenters. The van der Waals surface area contributed by atoms with E-state index in [1.165, 1.54) is 9.44 Å². The van der Waals surface area contributed by atoms with Gasteiger partial charge in [0.25, 0.3) is 5.56 Å². The van der Waals surface area contributed by atoms with E-state index in [2.05, 4.69) is 0 Å². The summed E-state index contributed by atoms with van der Waals surface area (Å²) in [5.74, 6) is 0.570. The molecule has 2 heterocycles. The Labute approximate surface area is 137 Å². The largest absolute Gasteiger partial charge is 0.289 e. The van der Waals surface area contributed by atoms with Gasteiger partial charge in [-0.05, 0) is 31.7 Å². The molecule has 0 amide bonds. The summed E-state index contributed by atoms with van der Waals surface area (Å²) in [6.07, 6.45) is 3.06. The summed E-state index contributed by atoms with van der Waals surface area (Å²) in [5, 5.41) is 0.715. The Hall–Kier alpha value is -2.01. The van der Waals surface area contributed by atoms with Gasteiger partial charge in [-0.1, -0.05) is 29.8 Å². The molecule has 0 fully saturated rings. The van der Waals surface area contributed by atoms with Gasteiger partial charge in [0.05, 0.1) is 11.9 Å². The number of hydrogen-bond donors (Lipinski definition) is 0. The van der Waals surface area contributed by atoms with Gasteiger partial charge in [0.15, 0.2) is 0 Å². The number of nitrogens with zero attached hydrogens (tertiary/aromatic N) is 2. The smallest absolute Gasteiger partial charge is 0.262 e. The summed E-state index contributed by atoms with van der Waals surface area (Å²) in [6.45, 7) is 1.49. The third-order valence-corrected chi connectivity index (χ3v) is 5.63. The van der Waals surface area contributed by atoms with E-state index in [-0.39, 0.29) is 12.1 Å². The first-order valence-corrected chi connectivity index (χ1v) is 8.69. The van der Waals surface area contributed by atoms with Crippen LogP contribution in [0.3, 0.4) is 0 Å². The summed E-state index contributed by atoms with van der Waals surface area (Å²) in [7, 11) is 0. The van der Waals surface area contributed by atoms with Crippen molar-refractivity contribution in [2.75, 3.05) is 6.67 Å². The Morgan fingerprint density at radius 1 is 1.26 bits per heavy atom. The van der Waals surface area contributed by atoms with Crippen LogP contribution in [0.1, 0.15) is 22.4 Å². The molecule has 0 N–H and O–H groups in total. The van der Waals surface area contributed by atoms with Gasteiger partial charge in [-0.3, -0.25) is 9.36 Å². The van der Waals surface area contributed by atoms with Crippen LogP contribution in [0.2, 0.25) is 0 Å². The molecule has 0 radical (unpaired) electrons. The predicted molar refractivity (Wildman–Crippen MR) is 92.1 cm³/mol. The van der Waals surface area contributed by atoms with Crippen molar-refractivity contribution < 1.29 is 4.39 Å². The summed E-state index contributed by atoms with van der Waals surface area (Å²) >= 11 is 1.62. The molecule has 0 bridgehead atoms. The second-order valence-electron chi connectivity index (χ2n) is 5.98. The van der Waals surface area contributed by atoms with Crippen LogP contribution in [0.25, 0.3) is 21.6 Å². The molecule has 1 aliphatic rings. The summed E-state index contributed by atoms with van der Waals surface area (Å²) in [4.78, 5) is 19.8.